The third-order valence-corrected chi connectivity index (χ3v) is 2.37. The van der Waals surface area contributed by atoms with Gasteiger partial charge in [0, 0.05) is 12.1 Å². The maximum Gasteiger partial charge on any atom is 0.201 e. The van der Waals surface area contributed by atoms with Crippen LogP contribution >= 0.6 is 0 Å². The molecule has 0 unspecified atom stereocenters. The van der Waals surface area contributed by atoms with Crippen LogP contribution in [0.25, 0.3) is 5.82 Å². The predicted octanol–water partition coefficient (Wildman–Crippen LogP) is 1.16. The summed E-state index contributed by atoms with van der Waals surface area (Å²) in [5.41, 5.74) is 0.836. The molecule has 0 atom stereocenters. The van der Waals surface area contributed by atoms with Gasteiger partial charge < -0.3 is 0 Å². The maximum atomic E-state index is 4.34. The lowest BCUT2D eigenvalue weighted by Gasteiger charge is -2.10. The first-order valence-corrected chi connectivity index (χ1v) is 5.40. The first kappa shape index (κ1) is 10.9. The predicted molar refractivity (Wildman–Crippen MR) is 64.5 cm³/mol. The molecule has 4 nitrogen and oxygen atoms in total. The van der Waals surface area contributed by atoms with Crippen molar-refractivity contribution in [1.29, 1.82) is 0 Å². The lowest BCUT2D eigenvalue weighted by Crippen LogP contribution is -2.25. The highest BCUT2D eigenvalue weighted by molar-refractivity contribution is 6.49. The largest absolute Gasteiger partial charge is 0.276 e. The fourth-order valence-corrected chi connectivity index (χ4v) is 1.59. The molecule has 2 aromatic heterocycles. The molecule has 2 rings (SSSR count). The molecule has 0 saturated heterocycles. The van der Waals surface area contributed by atoms with Gasteiger partial charge in [-0.3, -0.25) is 4.57 Å². The zero-order valence-corrected chi connectivity index (χ0v) is 9.75. The van der Waals surface area contributed by atoms with Gasteiger partial charge in [0.1, 0.15) is 11.6 Å². The van der Waals surface area contributed by atoms with Crippen LogP contribution in [0.5, 0.6) is 0 Å². The van der Waals surface area contributed by atoms with Crippen LogP contribution in [0.3, 0.4) is 0 Å². The molecule has 2 heterocycles. The summed E-state index contributed by atoms with van der Waals surface area (Å²) in [5, 5.41) is 8.35. The van der Waals surface area contributed by atoms with Crippen LogP contribution < -0.4 is 5.72 Å². The monoisotopic (exact) mass is 213 g/mol. The molecule has 0 amide bonds. The van der Waals surface area contributed by atoms with Crippen molar-refractivity contribution in [2.75, 3.05) is 0 Å². The van der Waals surface area contributed by atoms with E-state index >= 15 is 0 Å². The normalized spacial score (nSPS) is 10.8. The zero-order valence-electron chi connectivity index (χ0n) is 9.75. The third-order valence-electron chi connectivity index (χ3n) is 2.37. The summed E-state index contributed by atoms with van der Waals surface area (Å²) >= 11 is 0. The molecule has 2 aromatic rings. The van der Waals surface area contributed by atoms with Gasteiger partial charge in [0.05, 0.1) is 5.72 Å². The van der Waals surface area contributed by atoms with Gasteiger partial charge in [-0.25, -0.2) is 4.98 Å². The molecule has 16 heavy (non-hydrogen) atoms. The Bertz CT molecular complexity index is 464. The second kappa shape index (κ2) is 4.47. The average Bonchev–Trinajstić information content (AvgIpc) is 2.73. The highest BCUT2D eigenvalue weighted by atomic mass is 15.3. The minimum absolute atomic E-state index is 0.322. The molecule has 0 bridgehead atoms. The van der Waals surface area contributed by atoms with Crippen molar-refractivity contribution in [1.82, 2.24) is 19.7 Å². The van der Waals surface area contributed by atoms with Crippen molar-refractivity contribution in [3.8, 4) is 5.82 Å². The van der Waals surface area contributed by atoms with E-state index in [1.807, 2.05) is 36.9 Å². The molecule has 0 fully saturated rings. The van der Waals surface area contributed by atoms with Gasteiger partial charge in [-0.15, -0.1) is 10.2 Å². The Labute approximate surface area is 96.0 Å². The van der Waals surface area contributed by atoms with E-state index < -0.39 is 0 Å². The molecule has 0 N–H and O–H groups in total. The van der Waals surface area contributed by atoms with E-state index in [4.69, 9.17) is 0 Å². The van der Waals surface area contributed by atoms with Crippen molar-refractivity contribution in [2.24, 2.45) is 0 Å². The fourth-order valence-electron chi connectivity index (χ4n) is 1.59. The highest BCUT2D eigenvalue weighted by Gasteiger charge is 2.15. The standard InChI is InChI=1S/C11H14BN4/c1-8(2)10-14-15-11(12-3)16(10)9-6-4-5-7-13-9/h4-8H,1-3H3. The number of rotatable bonds is 3. The summed E-state index contributed by atoms with van der Waals surface area (Å²) in [5.74, 6) is 2.12. The molecular weight excluding hydrogens is 199 g/mol. The first-order valence-electron chi connectivity index (χ1n) is 5.40. The van der Waals surface area contributed by atoms with Gasteiger partial charge in [0.2, 0.25) is 7.28 Å². The Balaban J connectivity index is 2.57. The lowest BCUT2D eigenvalue weighted by molar-refractivity contribution is 0.741. The van der Waals surface area contributed by atoms with Crippen molar-refractivity contribution in [2.45, 2.75) is 26.6 Å². The molecule has 5 heteroatoms. The van der Waals surface area contributed by atoms with Gasteiger partial charge in [-0.2, -0.15) is 0 Å². The van der Waals surface area contributed by atoms with Crippen LogP contribution in [0.15, 0.2) is 24.4 Å². The Morgan fingerprint density at radius 3 is 2.62 bits per heavy atom. The number of pyridine rings is 1. The molecule has 0 aliphatic heterocycles. The van der Waals surface area contributed by atoms with Crippen LogP contribution in [0.1, 0.15) is 25.6 Å². The second-order valence-electron chi connectivity index (χ2n) is 3.88. The van der Waals surface area contributed by atoms with E-state index in [2.05, 4.69) is 29.0 Å². The van der Waals surface area contributed by atoms with Gasteiger partial charge in [0.25, 0.3) is 0 Å². The van der Waals surface area contributed by atoms with Crippen LogP contribution in [0.2, 0.25) is 6.82 Å². The van der Waals surface area contributed by atoms with Crippen LogP contribution in [0.4, 0.5) is 0 Å². The van der Waals surface area contributed by atoms with E-state index in [0.717, 1.165) is 17.4 Å². The van der Waals surface area contributed by atoms with Crippen molar-refractivity contribution in [3.63, 3.8) is 0 Å². The number of hydrogen-bond donors (Lipinski definition) is 0. The van der Waals surface area contributed by atoms with Gasteiger partial charge in [0.15, 0.2) is 0 Å². The second-order valence-corrected chi connectivity index (χ2v) is 3.88. The van der Waals surface area contributed by atoms with Crippen LogP contribution in [-0.4, -0.2) is 27.0 Å². The number of aromatic nitrogens is 4. The molecule has 1 radical (unpaired) electrons. The fraction of sp³-hybridized carbons (Fsp3) is 0.364. The molecule has 0 aliphatic rings. The molecule has 0 saturated carbocycles. The van der Waals surface area contributed by atoms with Gasteiger partial charge in [-0.05, 0) is 12.1 Å². The minimum atomic E-state index is 0.322. The summed E-state index contributed by atoms with van der Waals surface area (Å²) in [6.07, 6.45) is 1.78. The first-order chi connectivity index (χ1) is 7.74. The molecule has 81 valence electrons. The highest BCUT2D eigenvalue weighted by Crippen LogP contribution is 2.13. The summed E-state index contributed by atoms with van der Waals surface area (Å²) in [7, 11) is 1.94. The molecule has 0 aromatic carbocycles. The topological polar surface area (TPSA) is 43.6 Å². The summed E-state index contributed by atoms with van der Waals surface area (Å²) in [6.45, 7) is 6.15. The van der Waals surface area contributed by atoms with Crippen molar-refractivity contribution < 1.29 is 0 Å². The SMILES string of the molecule is C[B]c1nnc(C(C)C)n1-c1ccccn1. The Kier molecular flexibility index (Phi) is 3.03. The van der Waals surface area contributed by atoms with E-state index in [1.165, 1.54) is 0 Å². The van der Waals surface area contributed by atoms with E-state index in [1.54, 1.807) is 6.20 Å². The molecule has 0 spiro atoms. The van der Waals surface area contributed by atoms with E-state index in [9.17, 15) is 0 Å². The number of hydrogen-bond acceptors (Lipinski definition) is 3. The van der Waals surface area contributed by atoms with Crippen molar-refractivity contribution >= 4 is 13.0 Å². The summed E-state index contributed by atoms with van der Waals surface area (Å²) in [6, 6.07) is 5.83. The smallest absolute Gasteiger partial charge is 0.201 e. The average molecular weight is 213 g/mol. The molecule has 0 aliphatic carbocycles. The van der Waals surface area contributed by atoms with Gasteiger partial charge in [-0.1, -0.05) is 26.7 Å². The lowest BCUT2D eigenvalue weighted by atomic mass is 9.81. The number of nitrogens with zero attached hydrogens (tertiary/aromatic N) is 4. The van der Waals surface area contributed by atoms with Crippen molar-refractivity contribution in [3.05, 3.63) is 30.2 Å². The van der Waals surface area contributed by atoms with E-state index in [0.29, 0.717) is 5.92 Å². The molecular formula is C11H14BN4. The Morgan fingerprint density at radius 2 is 2.06 bits per heavy atom. The van der Waals surface area contributed by atoms with Crippen LogP contribution in [0, 0.1) is 0 Å². The summed E-state index contributed by atoms with van der Waals surface area (Å²) < 4.78 is 1.99. The van der Waals surface area contributed by atoms with Crippen LogP contribution in [-0.2, 0) is 0 Å². The zero-order chi connectivity index (χ0) is 11.5. The Morgan fingerprint density at radius 1 is 1.25 bits per heavy atom. The third kappa shape index (κ3) is 1.85. The maximum absolute atomic E-state index is 4.34. The summed E-state index contributed by atoms with van der Waals surface area (Å²) in [4.78, 5) is 4.34. The van der Waals surface area contributed by atoms with Gasteiger partial charge >= 0.3 is 0 Å². The van der Waals surface area contributed by atoms with E-state index in [-0.39, 0.29) is 0 Å². The quantitative estimate of drug-likeness (QED) is 0.718. The Hall–Kier alpha value is -1.65. The minimum Gasteiger partial charge on any atom is -0.276 e.